The quantitative estimate of drug-likeness (QED) is 0.303. The molecule has 0 aliphatic rings. The van der Waals surface area contributed by atoms with Gasteiger partial charge in [-0.05, 0) is 31.3 Å². The summed E-state index contributed by atoms with van der Waals surface area (Å²) in [7, 11) is 0. The zero-order valence-electron chi connectivity index (χ0n) is 17.0. The minimum Gasteiger partial charge on any atom is -0.492 e. The van der Waals surface area contributed by atoms with E-state index in [1.165, 1.54) is 0 Å². The number of benzene rings is 2. The number of para-hydroxylation sites is 2. The maximum Gasteiger partial charge on any atom is 0.422 e. The molecule has 5 nitrogen and oxygen atoms in total. The highest BCUT2D eigenvalue weighted by Crippen LogP contribution is 2.31. The van der Waals surface area contributed by atoms with Gasteiger partial charge in [0.15, 0.2) is 18.3 Å². The summed E-state index contributed by atoms with van der Waals surface area (Å²) in [6.45, 7) is -1.22. The van der Waals surface area contributed by atoms with Gasteiger partial charge in [-0.2, -0.15) is 22.0 Å². The zero-order valence-corrected chi connectivity index (χ0v) is 17.8. The topological polar surface area (TPSA) is 51.8 Å². The van der Waals surface area contributed by atoms with Crippen LogP contribution in [0.2, 0.25) is 0 Å². The van der Waals surface area contributed by atoms with E-state index in [0.29, 0.717) is 18.0 Å². The van der Waals surface area contributed by atoms with E-state index >= 15 is 0 Å². The minimum atomic E-state index is -4.67. The molecule has 0 amide bonds. The molecule has 0 heterocycles. The predicted octanol–water partition coefficient (Wildman–Crippen LogP) is 6.11. The number of ether oxygens (including phenoxy) is 3. The molecular formula is C20H19F7N2O3S. The highest BCUT2D eigenvalue weighted by Gasteiger charge is 2.41. The van der Waals surface area contributed by atoms with Gasteiger partial charge in [-0.1, -0.05) is 12.1 Å². The van der Waals surface area contributed by atoms with Crippen LogP contribution in [0, 0.1) is 0 Å². The van der Waals surface area contributed by atoms with Crippen LogP contribution in [-0.4, -0.2) is 43.5 Å². The van der Waals surface area contributed by atoms with Gasteiger partial charge in [0.1, 0.15) is 17.2 Å². The molecule has 33 heavy (non-hydrogen) atoms. The molecule has 2 aromatic rings. The van der Waals surface area contributed by atoms with Gasteiger partial charge in [0.25, 0.3) is 0 Å². The Balaban J connectivity index is 2.20. The maximum absolute atomic E-state index is 13.2. The van der Waals surface area contributed by atoms with Crippen LogP contribution in [0.4, 0.5) is 42.1 Å². The van der Waals surface area contributed by atoms with E-state index in [2.05, 4.69) is 20.1 Å². The largest absolute Gasteiger partial charge is 0.492 e. The Morgan fingerprint density at radius 1 is 0.909 bits per heavy atom. The standard InChI is InChI=1S/C20H19F7N2O3S/c1-2-30-16-6-4-3-5-15(16)29-18(33)28-12-7-13(31-10-19(23,24)17(21)22)9-14(8-12)32-11-20(25,26)27/h3-9,17H,2,10-11H2,1H3,(H2,28,29,33). The van der Waals surface area contributed by atoms with E-state index < -0.39 is 43.2 Å². The third kappa shape index (κ3) is 8.83. The fourth-order valence-corrected chi connectivity index (χ4v) is 2.58. The van der Waals surface area contributed by atoms with E-state index in [4.69, 9.17) is 17.0 Å². The Bertz CT molecular complexity index is 942. The van der Waals surface area contributed by atoms with Crippen molar-refractivity contribution in [1.29, 1.82) is 0 Å². The summed E-state index contributed by atoms with van der Waals surface area (Å²) in [5.74, 6) is -4.83. The lowest BCUT2D eigenvalue weighted by molar-refractivity contribution is -0.153. The summed E-state index contributed by atoms with van der Waals surface area (Å²) in [6, 6.07) is 9.81. The molecule has 0 aliphatic carbocycles. The first kappa shape index (κ1) is 26.3. The van der Waals surface area contributed by atoms with E-state index in [1.807, 2.05) is 0 Å². The summed E-state index contributed by atoms with van der Waals surface area (Å²) in [6.07, 6.45) is -8.66. The van der Waals surface area contributed by atoms with Crippen molar-refractivity contribution in [3.05, 3.63) is 42.5 Å². The first-order chi connectivity index (χ1) is 15.4. The van der Waals surface area contributed by atoms with Crippen LogP contribution in [-0.2, 0) is 0 Å². The van der Waals surface area contributed by atoms with Gasteiger partial charge in [-0.25, -0.2) is 8.78 Å². The van der Waals surface area contributed by atoms with E-state index in [0.717, 1.165) is 18.2 Å². The van der Waals surface area contributed by atoms with Crippen LogP contribution in [0.3, 0.4) is 0 Å². The fourth-order valence-electron chi connectivity index (χ4n) is 2.35. The molecule has 0 spiro atoms. The first-order valence-electron chi connectivity index (χ1n) is 9.33. The Kier molecular flexibility index (Phi) is 8.97. The molecule has 2 N–H and O–H groups in total. The second kappa shape index (κ2) is 11.3. The van der Waals surface area contributed by atoms with Gasteiger partial charge in [-0.15, -0.1) is 0 Å². The van der Waals surface area contributed by atoms with Gasteiger partial charge in [0.2, 0.25) is 0 Å². The second-order valence-corrected chi connectivity index (χ2v) is 6.86. The summed E-state index contributed by atoms with van der Waals surface area (Å²) < 4.78 is 103. The molecule has 0 aromatic heterocycles. The van der Waals surface area contributed by atoms with E-state index in [1.54, 1.807) is 31.2 Å². The smallest absolute Gasteiger partial charge is 0.422 e. The number of hydrogen-bond acceptors (Lipinski definition) is 4. The monoisotopic (exact) mass is 500 g/mol. The van der Waals surface area contributed by atoms with E-state index in [9.17, 15) is 30.7 Å². The zero-order chi connectivity index (χ0) is 24.6. The van der Waals surface area contributed by atoms with Crippen molar-refractivity contribution in [3.63, 3.8) is 0 Å². The Hall–Kier alpha value is -2.96. The SMILES string of the molecule is CCOc1ccccc1NC(=S)Nc1cc(OCC(F)(F)F)cc(OCC(F)(F)C(F)F)c1. The minimum absolute atomic E-state index is 0.00331. The molecule has 0 saturated carbocycles. The van der Waals surface area contributed by atoms with Crippen LogP contribution in [0.5, 0.6) is 17.2 Å². The van der Waals surface area contributed by atoms with Crippen LogP contribution in [0.1, 0.15) is 6.92 Å². The number of halogens is 7. The van der Waals surface area contributed by atoms with Crippen molar-refractivity contribution >= 4 is 28.7 Å². The lowest BCUT2D eigenvalue weighted by Crippen LogP contribution is -2.33. The second-order valence-electron chi connectivity index (χ2n) is 6.46. The molecule has 0 saturated heterocycles. The van der Waals surface area contributed by atoms with Crippen molar-refractivity contribution < 1.29 is 44.9 Å². The summed E-state index contributed by atoms with van der Waals surface area (Å²) in [4.78, 5) is 0. The van der Waals surface area contributed by atoms with Crippen molar-refractivity contribution in [2.45, 2.75) is 25.4 Å². The van der Waals surface area contributed by atoms with Crippen molar-refractivity contribution in [3.8, 4) is 17.2 Å². The average Bonchev–Trinajstić information content (AvgIpc) is 2.72. The fraction of sp³-hybridized carbons (Fsp3) is 0.350. The number of rotatable bonds is 10. The molecule has 0 unspecified atom stereocenters. The first-order valence-corrected chi connectivity index (χ1v) is 9.73. The lowest BCUT2D eigenvalue weighted by Gasteiger charge is -2.18. The van der Waals surface area contributed by atoms with Gasteiger partial charge >= 0.3 is 18.5 Å². The average molecular weight is 500 g/mol. The molecule has 0 fully saturated rings. The molecule has 0 atom stereocenters. The summed E-state index contributed by atoms with van der Waals surface area (Å²) in [5, 5.41) is 5.44. The predicted molar refractivity (Wildman–Crippen MR) is 112 cm³/mol. The molecule has 0 radical (unpaired) electrons. The summed E-state index contributed by atoms with van der Waals surface area (Å²) in [5.41, 5.74) is 0.478. The molecule has 182 valence electrons. The Morgan fingerprint density at radius 2 is 1.52 bits per heavy atom. The number of thiocarbonyl (C=S) groups is 1. The molecule has 2 rings (SSSR count). The molecule has 0 aliphatic heterocycles. The molecule has 2 aromatic carbocycles. The number of alkyl halides is 7. The van der Waals surface area contributed by atoms with Gasteiger partial charge in [0, 0.05) is 23.9 Å². The maximum atomic E-state index is 13.2. The lowest BCUT2D eigenvalue weighted by atomic mass is 10.2. The Labute approximate surface area is 189 Å². The van der Waals surface area contributed by atoms with Crippen molar-refractivity contribution in [2.24, 2.45) is 0 Å². The van der Waals surface area contributed by atoms with Crippen LogP contribution in [0.25, 0.3) is 0 Å². The van der Waals surface area contributed by atoms with Gasteiger partial charge in [-0.3, -0.25) is 0 Å². The van der Waals surface area contributed by atoms with Gasteiger partial charge in [0.05, 0.1) is 12.3 Å². The van der Waals surface area contributed by atoms with Crippen molar-refractivity contribution in [2.75, 3.05) is 30.5 Å². The van der Waals surface area contributed by atoms with Crippen LogP contribution < -0.4 is 24.8 Å². The van der Waals surface area contributed by atoms with Crippen LogP contribution in [0.15, 0.2) is 42.5 Å². The number of nitrogens with one attached hydrogen (secondary N) is 2. The molecular weight excluding hydrogens is 481 g/mol. The number of anilines is 2. The third-order valence-electron chi connectivity index (χ3n) is 3.73. The van der Waals surface area contributed by atoms with Crippen LogP contribution >= 0.6 is 12.2 Å². The summed E-state index contributed by atoms with van der Waals surface area (Å²) >= 11 is 5.17. The van der Waals surface area contributed by atoms with Crippen molar-refractivity contribution in [1.82, 2.24) is 0 Å². The highest BCUT2D eigenvalue weighted by molar-refractivity contribution is 7.80. The third-order valence-corrected chi connectivity index (χ3v) is 3.93. The molecule has 13 heteroatoms. The van der Waals surface area contributed by atoms with E-state index in [-0.39, 0.29) is 10.8 Å². The number of hydrogen-bond donors (Lipinski definition) is 2. The molecule has 0 bridgehead atoms. The Morgan fingerprint density at radius 3 is 2.09 bits per heavy atom. The highest BCUT2D eigenvalue weighted by atomic mass is 32.1. The normalized spacial score (nSPS) is 11.8. The van der Waals surface area contributed by atoms with Gasteiger partial charge < -0.3 is 24.8 Å².